The second kappa shape index (κ2) is 8.30. The first kappa shape index (κ1) is 12.0. The number of hydrogen-bond acceptors (Lipinski definition) is 0. The second-order valence-corrected chi connectivity index (χ2v) is 15.6. The monoisotopic (exact) mass is 236 g/mol. The first-order valence-corrected chi connectivity index (χ1v) is 15.6. The summed E-state index contributed by atoms with van der Waals surface area (Å²) in [5, 5.41) is 0. The van der Waals surface area contributed by atoms with Gasteiger partial charge >= 0.3 is 35.5 Å². The molecule has 0 bridgehead atoms. The molecule has 0 aromatic carbocycles. The van der Waals surface area contributed by atoms with Crippen molar-refractivity contribution in [2.24, 2.45) is 0 Å². The van der Waals surface area contributed by atoms with E-state index in [9.17, 15) is 0 Å². The van der Waals surface area contributed by atoms with Crippen molar-refractivity contribution in [1.82, 2.24) is 0 Å². The topological polar surface area (TPSA) is 0 Å². The molecular formula is C6H18InP. The van der Waals surface area contributed by atoms with Gasteiger partial charge in [0.1, 0.15) is 0 Å². The predicted octanol–water partition coefficient (Wildman–Crippen LogP) is 2.73. The molecule has 0 radical (unpaired) electrons. The van der Waals surface area contributed by atoms with E-state index in [1.807, 2.05) is 0 Å². The van der Waals surface area contributed by atoms with E-state index < -0.39 is 21.4 Å². The third kappa shape index (κ3) is 171. The summed E-state index contributed by atoms with van der Waals surface area (Å²) >= 11 is -0.637. The molecule has 0 aromatic heterocycles. The van der Waals surface area contributed by atoms with Crippen molar-refractivity contribution in [1.29, 1.82) is 0 Å². The Hall–Kier alpha value is 1.30. The predicted molar refractivity (Wildman–Crippen MR) is 48.0 cm³/mol. The zero-order valence-electron chi connectivity index (χ0n) is 7.02. The third-order valence-corrected chi connectivity index (χ3v) is 0. The van der Waals surface area contributed by atoms with Crippen molar-refractivity contribution in [2.75, 3.05) is 20.0 Å². The maximum absolute atomic E-state index is 2.38. The van der Waals surface area contributed by atoms with Crippen LogP contribution in [0, 0.1) is 0 Å². The Morgan fingerprint density at radius 2 is 0.875 bits per heavy atom. The molecule has 0 spiro atoms. The fourth-order valence-electron chi connectivity index (χ4n) is 0. The summed E-state index contributed by atoms with van der Waals surface area (Å²) in [5.41, 5.74) is 0. The molecule has 0 aliphatic heterocycles. The van der Waals surface area contributed by atoms with E-state index >= 15 is 0 Å². The molecule has 2 heteroatoms. The Morgan fingerprint density at radius 3 is 0.875 bits per heavy atom. The van der Waals surface area contributed by atoms with Crippen LogP contribution in [0.4, 0.5) is 0 Å². The minimum absolute atomic E-state index is 0.380. The number of hydrogen-bond donors (Lipinski definition) is 0. The van der Waals surface area contributed by atoms with Gasteiger partial charge in [0.25, 0.3) is 0 Å². The van der Waals surface area contributed by atoms with Crippen LogP contribution >= 0.6 is 7.92 Å². The molecule has 0 atom stereocenters. The summed E-state index contributed by atoms with van der Waals surface area (Å²) in [4.78, 5) is 0. The van der Waals surface area contributed by atoms with Crippen molar-refractivity contribution in [3.63, 3.8) is 0 Å². The van der Waals surface area contributed by atoms with E-state index in [0.29, 0.717) is 7.92 Å². The summed E-state index contributed by atoms with van der Waals surface area (Å²) in [6.45, 7) is 6.69. The van der Waals surface area contributed by atoms with Gasteiger partial charge in [0.2, 0.25) is 0 Å². The van der Waals surface area contributed by atoms with E-state index in [1.54, 1.807) is 0 Å². The van der Waals surface area contributed by atoms with Crippen molar-refractivity contribution in [2.45, 2.75) is 14.0 Å². The van der Waals surface area contributed by atoms with Crippen molar-refractivity contribution < 1.29 is 0 Å². The van der Waals surface area contributed by atoms with E-state index in [2.05, 4.69) is 34.0 Å². The van der Waals surface area contributed by atoms with Gasteiger partial charge in [-0.05, 0) is 20.0 Å². The quantitative estimate of drug-likeness (QED) is 0.567. The van der Waals surface area contributed by atoms with Gasteiger partial charge in [-0.15, -0.1) is 7.92 Å². The average Bonchev–Trinajstić information content (AvgIpc) is 1.25. The molecule has 0 amide bonds. The molecule has 0 rings (SSSR count). The van der Waals surface area contributed by atoms with E-state index in [4.69, 9.17) is 0 Å². The molecule has 0 aliphatic carbocycles. The minimum atomic E-state index is -0.637. The van der Waals surface area contributed by atoms with Crippen molar-refractivity contribution in [3.05, 3.63) is 0 Å². The zero-order valence-corrected chi connectivity index (χ0v) is 11.2. The number of rotatable bonds is 0. The van der Waals surface area contributed by atoms with Gasteiger partial charge in [0.15, 0.2) is 0 Å². The third-order valence-electron chi connectivity index (χ3n) is 0. The Bertz CT molecular complexity index is 24.0. The molecular weight excluding hydrogens is 218 g/mol. The average molecular weight is 236 g/mol. The molecule has 8 heavy (non-hydrogen) atoms. The molecule has 0 nitrogen and oxygen atoms in total. The van der Waals surface area contributed by atoms with Crippen LogP contribution in [0.3, 0.4) is 0 Å². The standard InChI is InChI=1S/C3H9P.3CH3.In/c1-4(2)3;;;;/h1-3H3;3*1H3;. The fourth-order valence-corrected chi connectivity index (χ4v) is 0. The van der Waals surface area contributed by atoms with Crippen LogP contribution in [0.1, 0.15) is 0 Å². The summed E-state index contributed by atoms with van der Waals surface area (Å²) in [6.07, 6.45) is 0. The van der Waals surface area contributed by atoms with E-state index in [1.165, 1.54) is 0 Å². The molecule has 0 fully saturated rings. The first-order valence-electron chi connectivity index (χ1n) is 3.07. The summed E-state index contributed by atoms with van der Waals surface area (Å²) < 4.78 is 7.13. The Balaban J connectivity index is 0. The summed E-state index contributed by atoms with van der Waals surface area (Å²) in [6, 6.07) is 0. The zero-order chi connectivity index (χ0) is 7.15. The fraction of sp³-hybridized carbons (Fsp3) is 1.00. The first-order chi connectivity index (χ1) is 3.46. The Morgan fingerprint density at radius 1 is 0.875 bits per heavy atom. The van der Waals surface area contributed by atoms with Gasteiger partial charge < -0.3 is 0 Å². The van der Waals surface area contributed by atoms with Crippen LogP contribution in [-0.2, 0) is 0 Å². The SMILES string of the molecule is CP(C)C.[CH3][In]([CH3])[CH3]. The van der Waals surface area contributed by atoms with Gasteiger partial charge in [-0.1, -0.05) is 0 Å². The second-order valence-electron chi connectivity index (χ2n) is 3.07. The van der Waals surface area contributed by atoms with Gasteiger partial charge in [-0.25, -0.2) is 0 Å². The maximum atomic E-state index is 2.38. The molecule has 0 aliphatic rings. The molecule has 0 saturated heterocycles. The van der Waals surface area contributed by atoms with Crippen LogP contribution < -0.4 is 0 Å². The summed E-state index contributed by atoms with van der Waals surface area (Å²) in [5.74, 6) is 0. The van der Waals surface area contributed by atoms with Crippen LogP contribution in [0.15, 0.2) is 0 Å². The van der Waals surface area contributed by atoms with E-state index in [-0.39, 0.29) is 0 Å². The van der Waals surface area contributed by atoms with Gasteiger partial charge in [-0.3, -0.25) is 0 Å². The Kier molecular flexibility index (Phi) is 12.5. The molecule has 0 N–H and O–H groups in total. The van der Waals surface area contributed by atoms with Gasteiger partial charge in [0, 0.05) is 0 Å². The van der Waals surface area contributed by atoms with Crippen molar-refractivity contribution >= 4 is 29.4 Å². The molecule has 0 aromatic rings. The summed E-state index contributed by atoms with van der Waals surface area (Å²) in [7, 11) is 0.380. The van der Waals surface area contributed by atoms with Gasteiger partial charge in [-0.2, -0.15) is 0 Å². The van der Waals surface area contributed by atoms with Crippen molar-refractivity contribution in [3.8, 4) is 0 Å². The Labute approximate surface area is 63.3 Å². The van der Waals surface area contributed by atoms with Crippen LogP contribution in [-0.4, -0.2) is 41.4 Å². The molecule has 0 heterocycles. The van der Waals surface area contributed by atoms with Crippen LogP contribution in [0.5, 0.6) is 0 Å². The van der Waals surface area contributed by atoms with Gasteiger partial charge in [0.05, 0.1) is 0 Å². The van der Waals surface area contributed by atoms with Crippen LogP contribution in [0.25, 0.3) is 0 Å². The van der Waals surface area contributed by atoms with E-state index in [0.717, 1.165) is 0 Å². The van der Waals surface area contributed by atoms with Crippen LogP contribution in [0.2, 0.25) is 14.0 Å². The molecule has 0 unspecified atom stereocenters. The molecule has 50 valence electrons. The normalized spacial score (nSPS) is 7.88. The molecule has 0 saturated carbocycles.